The minimum atomic E-state index is -4.72. The van der Waals surface area contributed by atoms with Crippen molar-refractivity contribution in [3.63, 3.8) is 0 Å². The van der Waals surface area contributed by atoms with Crippen LogP contribution in [0.15, 0.2) is 60.7 Å². The zero-order chi connectivity index (χ0) is 27.8. The number of carbonyl (C=O) groups is 3. The average molecular weight is 529 g/mol. The summed E-state index contributed by atoms with van der Waals surface area (Å²) >= 11 is 0. The number of benzene rings is 3. The van der Waals surface area contributed by atoms with Crippen molar-refractivity contribution in [2.45, 2.75) is 32.6 Å². The van der Waals surface area contributed by atoms with Crippen molar-refractivity contribution in [2.24, 2.45) is 5.92 Å². The first-order valence-corrected chi connectivity index (χ1v) is 11.7. The van der Waals surface area contributed by atoms with Crippen molar-refractivity contribution >= 4 is 23.5 Å². The Balaban J connectivity index is 1.50. The molecule has 1 atom stereocenters. The summed E-state index contributed by atoms with van der Waals surface area (Å²) in [6.07, 6.45) is -4.72. The highest BCUT2D eigenvalue weighted by molar-refractivity contribution is 6.04. The molecule has 0 aliphatic carbocycles. The summed E-state index contributed by atoms with van der Waals surface area (Å²) in [6.45, 7) is 3.98. The van der Waals surface area contributed by atoms with E-state index in [1.54, 1.807) is 30.3 Å². The van der Waals surface area contributed by atoms with Gasteiger partial charge in [0.15, 0.2) is 0 Å². The van der Waals surface area contributed by atoms with Crippen molar-refractivity contribution < 1.29 is 36.7 Å². The lowest BCUT2D eigenvalue weighted by atomic mass is 10.00. The van der Waals surface area contributed by atoms with E-state index in [0.29, 0.717) is 17.3 Å². The van der Waals surface area contributed by atoms with Crippen LogP contribution in [0.25, 0.3) is 11.1 Å². The highest BCUT2D eigenvalue weighted by Crippen LogP contribution is 2.33. The van der Waals surface area contributed by atoms with Crippen LogP contribution in [-0.2, 0) is 22.3 Å². The van der Waals surface area contributed by atoms with Gasteiger partial charge in [-0.1, -0.05) is 38.1 Å². The lowest BCUT2D eigenvalue weighted by Gasteiger charge is -2.28. The Morgan fingerprint density at radius 1 is 0.974 bits per heavy atom. The van der Waals surface area contributed by atoms with Crippen LogP contribution < -0.4 is 5.32 Å². The van der Waals surface area contributed by atoms with E-state index in [9.17, 15) is 31.9 Å². The maximum Gasteiger partial charge on any atom is 0.416 e. The normalized spacial score (nSPS) is 13.9. The van der Waals surface area contributed by atoms with Gasteiger partial charge in [-0.3, -0.25) is 9.59 Å². The van der Waals surface area contributed by atoms with E-state index in [-0.39, 0.29) is 24.4 Å². The third-order valence-corrected chi connectivity index (χ3v) is 6.37. The number of rotatable bonds is 6. The number of nitrogens with zero attached hydrogens (tertiary/aromatic N) is 1. The summed E-state index contributed by atoms with van der Waals surface area (Å²) in [7, 11) is 1.29. The first-order valence-electron chi connectivity index (χ1n) is 11.7. The molecule has 0 unspecified atom stereocenters. The van der Waals surface area contributed by atoms with Crippen molar-refractivity contribution in [1.29, 1.82) is 0 Å². The molecule has 3 aromatic carbocycles. The lowest BCUT2D eigenvalue weighted by Crippen LogP contribution is -2.45. The van der Waals surface area contributed by atoms with Crippen LogP contribution in [0.2, 0.25) is 0 Å². The van der Waals surface area contributed by atoms with Gasteiger partial charge in [0.25, 0.3) is 11.8 Å². The van der Waals surface area contributed by atoms with Gasteiger partial charge in [-0.15, -0.1) is 0 Å². The largest absolute Gasteiger partial charge is 0.467 e. The smallest absolute Gasteiger partial charge is 0.416 e. The summed E-state index contributed by atoms with van der Waals surface area (Å²) in [5.41, 5.74) is 1.32. The lowest BCUT2D eigenvalue weighted by molar-refractivity contribution is -0.147. The second-order valence-electron chi connectivity index (χ2n) is 9.24. The molecule has 0 spiro atoms. The molecule has 0 saturated carbocycles. The van der Waals surface area contributed by atoms with Gasteiger partial charge in [-0.2, -0.15) is 13.2 Å². The maximum absolute atomic E-state index is 14.1. The Labute approximate surface area is 216 Å². The number of nitrogens with one attached hydrogen (secondary N) is 1. The molecule has 4 rings (SSSR count). The third kappa shape index (κ3) is 5.25. The molecule has 0 radical (unpaired) electrons. The van der Waals surface area contributed by atoms with Gasteiger partial charge >= 0.3 is 12.1 Å². The minimum absolute atomic E-state index is 0.140. The van der Waals surface area contributed by atoms with Crippen LogP contribution in [0.4, 0.5) is 23.2 Å². The molecule has 0 aromatic heterocycles. The zero-order valence-electron chi connectivity index (χ0n) is 20.7. The highest BCUT2D eigenvalue weighted by Gasteiger charge is 2.39. The molecule has 1 heterocycles. The number of alkyl halides is 3. The summed E-state index contributed by atoms with van der Waals surface area (Å²) in [5, 5.41) is 2.46. The van der Waals surface area contributed by atoms with Crippen molar-refractivity contribution in [2.75, 3.05) is 12.4 Å². The monoisotopic (exact) mass is 528 g/mol. The molecule has 0 bridgehead atoms. The molecule has 1 aliphatic rings. The van der Waals surface area contributed by atoms with E-state index in [4.69, 9.17) is 4.74 Å². The molecule has 3 aromatic rings. The van der Waals surface area contributed by atoms with Gasteiger partial charge in [-0.25, -0.2) is 9.18 Å². The number of fused-ring (bicyclic) bond motifs is 1. The Morgan fingerprint density at radius 3 is 2.21 bits per heavy atom. The van der Waals surface area contributed by atoms with Crippen LogP contribution >= 0.6 is 0 Å². The summed E-state index contributed by atoms with van der Waals surface area (Å²) < 4.78 is 57.3. The van der Waals surface area contributed by atoms with Crippen LogP contribution in [0.3, 0.4) is 0 Å². The van der Waals surface area contributed by atoms with Gasteiger partial charge in [0.1, 0.15) is 11.9 Å². The number of hydrogen-bond acceptors (Lipinski definition) is 4. The molecule has 10 heteroatoms. The SMILES string of the molecule is COC(=O)[C@H](C(C)C)N1Cc2ccc(-c3ccc(NC(=O)c4ccc(C(F)(F)F)cc4F)cc3)cc2C1=O. The molecular formula is C28H24F4N2O4. The summed E-state index contributed by atoms with van der Waals surface area (Å²) in [6, 6.07) is 12.9. The summed E-state index contributed by atoms with van der Waals surface area (Å²) in [4.78, 5) is 39.3. The number of amides is 2. The Bertz CT molecular complexity index is 1400. The topological polar surface area (TPSA) is 75.7 Å². The molecule has 198 valence electrons. The molecule has 0 fully saturated rings. The minimum Gasteiger partial charge on any atom is -0.467 e. The van der Waals surface area contributed by atoms with Crippen LogP contribution in [0.1, 0.15) is 45.7 Å². The number of esters is 1. The Morgan fingerprint density at radius 2 is 1.63 bits per heavy atom. The van der Waals surface area contributed by atoms with Crippen LogP contribution in [0.5, 0.6) is 0 Å². The standard InChI is InChI=1S/C28H24F4N2O4/c1-15(2)24(27(37)38-3)34-14-18-5-4-17(12-22(18)26(34)36)16-6-9-20(10-7-16)33-25(35)21-11-8-19(13-23(21)29)28(30,31)32/h4-13,15,24H,14H2,1-3H3,(H,33,35)/t24-/m0/s1. The van der Waals surface area contributed by atoms with E-state index in [1.165, 1.54) is 12.0 Å². The fourth-order valence-electron chi connectivity index (χ4n) is 4.43. The fraction of sp³-hybridized carbons (Fsp3) is 0.250. The number of ether oxygens (including phenoxy) is 1. The van der Waals surface area contributed by atoms with Crippen molar-refractivity contribution in [1.82, 2.24) is 4.90 Å². The zero-order valence-corrected chi connectivity index (χ0v) is 20.7. The number of halogens is 4. The predicted octanol–water partition coefficient (Wildman–Crippen LogP) is 5.92. The third-order valence-electron chi connectivity index (χ3n) is 6.37. The average Bonchev–Trinajstić information content (AvgIpc) is 3.18. The van der Waals surface area contributed by atoms with Crippen molar-refractivity contribution in [3.8, 4) is 11.1 Å². The molecule has 38 heavy (non-hydrogen) atoms. The molecule has 2 amide bonds. The first kappa shape index (κ1) is 26.8. The second kappa shape index (κ2) is 10.3. The number of carbonyl (C=O) groups excluding carboxylic acids is 3. The van der Waals surface area contributed by atoms with E-state index < -0.39 is 41.0 Å². The van der Waals surface area contributed by atoms with Crippen LogP contribution in [0, 0.1) is 11.7 Å². The van der Waals surface area contributed by atoms with Gasteiger partial charge in [-0.05, 0) is 59.0 Å². The molecule has 0 saturated heterocycles. The Kier molecular flexibility index (Phi) is 7.26. The Hall–Kier alpha value is -4.21. The van der Waals surface area contributed by atoms with Gasteiger partial charge in [0.05, 0.1) is 18.2 Å². The van der Waals surface area contributed by atoms with Crippen molar-refractivity contribution in [3.05, 3.63) is 88.7 Å². The van der Waals surface area contributed by atoms with Gasteiger partial charge in [0, 0.05) is 17.8 Å². The van der Waals surface area contributed by atoms with Crippen LogP contribution in [-0.4, -0.2) is 35.8 Å². The number of methoxy groups -OCH3 is 1. The van der Waals surface area contributed by atoms with E-state index in [1.807, 2.05) is 26.0 Å². The molecule has 6 nitrogen and oxygen atoms in total. The van der Waals surface area contributed by atoms with E-state index >= 15 is 0 Å². The quantitative estimate of drug-likeness (QED) is 0.319. The van der Waals surface area contributed by atoms with E-state index in [0.717, 1.165) is 22.8 Å². The molecular weight excluding hydrogens is 504 g/mol. The summed E-state index contributed by atoms with van der Waals surface area (Å²) in [5.74, 6) is -3.06. The van der Waals surface area contributed by atoms with E-state index in [2.05, 4.69) is 5.32 Å². The number of anilines is 1. The maximum atomic E-state index is 14.1. The predicted molar refractivity (Wildman–Crippen MR) is 132 cm³/mol. The van der Waals surface area contributed by atoms with Gasteiger partial charge < -0.3 is 15.0 Å². The molecule has 1 N–H and O–H groups in total. The highest BCUT2D eigenvalue weighted by atomic mass is 19.4. The first-order chi connectivity index (χ1) is 17.9. The fourth-order valence-corrected chi connectivity index (χ4v) is 4.43. The van der Waals surface area contributed by atoms with Gasteiger partial charge in [0.2, 0.25) is 0 Å². The molecule has 1 aliphatic heterocycles. The second-order valence-corrected chi connectivity index (χ2v) is 9.24. The number of hydrogen-bond donors (Lipinski definition) is 1.